The van der Waals surface area contributed by atoms with Gasteiger partial charge >= 0.3 is 0 Å². The average molecular weight is 632 g/mol. The van der Waals surface area contributed by atoms with Crippen molar-refractivity contribution in [3.05, 3.63) is 29.3 Å². The fourth-order valence-electron chi connectivity index (χ4n) is 4.42. The monoisotopic (exact) mass is 631 g/mol. The highest BCUT2D eigenvalue weighted by Gasteiger charge is 2.19. The van der Waals surface area contributed by atoms with E-state index in [1.165, 1.54) is 38.5 Å². The molecule has 1 unspecified atom stereocenters. The van der Waals surface area contributed by atoms with E-state index in [1.807, 2.05) is 6.07 Å². The number of carbonyl (C=O) groups excluding carboxylic acids is 1. The van der Waals surface area contributed by atoms with E-state index < -0.39 is 22.0 Å². The summed E-state index contributed by atoms with van der Waals surface area (Å²) in [5.41, 5.74) is 1.13. The van der Waals surface area contributed by atoms with Crippen LogP contribution in [0.4, 0.5) is 0 Å². The maximum atomic E-state index is 12.9. The molecule has 1 aliphatic rings. The number of amides is 1. The quantitative estimate of drug-likeness (QED) is 0.302. The van der Waals surface area contributed by atoms with Crippen molar-refractivity contribution in [2.45, 2.75) is 70.8 Å². The highest BCUT2D eigenvalue weighted by molar-refractivity contribution is 7.89. The molecule has 1 aromatic carbocycles. The lowest BCUT2D eigenvalue weighted by Crippen LogP contribution is -2.31. The minimum absolute atomic E-state index is 0.0916. The Kier molecular flexibility index (Phi) is 20.5. The lowest BCUT2D eigenvalue weighted by Gasteiger charge is -2.20. The highest BCUT2D eigenvalue weighted by atomic mass is 32.2. The van der Waals surface area contributed by atoms with Crippen molar-refractivity contribution in [2.75, 3.05) is 85.5 Å². The molecule has 1 fully saturated rings. The van der Waals surface area contributed by atoms with Crippen molar-refractivity contribution in [1.82, 2.24) is 4.72 Å². The fourth-order valence-corrected chi connectivity index (χ4v) is 4.86. The smallest absolute Gasteiger partial charge is 0.268 e. The first-order valence-electron chi connectivity index (χ1n) is 15.7. The normalized spacial score (nSPS) is 18.8. The second-order valence-electron chi connectivity index (χ2n) is 10.6. The first kappa shape index (κ1) is 37.4. The molecule has 0 bridgehead atoms. The number of aryl methyl sites for hydroxylation is 1. The first-order chi connectivity index (χ1) is 20.9. The maximum absolute atomic E-state index is 12.9. The number of benzene rings is 1. The van der Waals surface area contributed by atoms with Gasteiger partial charge in [-0.1, -0.05) is 57.9 Å². The van der Waals surface area contributed by atoms with Crippen LogP contribution in [0.2, 0.25) is 0 Å². The zero-order valence-corrected chi connectivity index (χ0v) is 27.0. The number of sulfonamides is 1. The number of carbonyl (C=O) groups is 1. The van der Waals surface area contributed by atoms with Crippen molar-refractivity contribution in [2.24, 2.45) is 0 Å². The molecule has 11 nitrogen and oxygen atoms in total. The van der Waals surface area contributed by atoms with Crippen LogP contribution >= 0.6 is 0 Å². The Morgan fingerprint density at radius 1 is 0.791 bits per heavy atom. The molecular formula is C31H53NO10S. The van der Waals surface area contributed by atoms with E-state index in [-0.39, 0.29) is 24.5 Å². The third-order valence-corrected chi connectivity index (χ3v) is 7.24. The third-order valence-electron chi connectivity index (χ3n) is 6.68. The minimum atomic E-state index is -3.75. The molecule has 248 valence electrons. The molecule has 0 aliphatic carbocycles. The molecule has 2 rings (SSSR count). The van der Waals surface area contributed by atoms with Crippen molar-refractivity contribution in [1.29, 1.82) is 0 Å². The molecule has 43 heavy (non-hydrogen) atoms. The van der Waals surface area contributed by atoms with Gasteiger partial charge in [-0.2, -0.15) is 0 Å². The number of nitrogens with one attached hydrogen (secondary N) is 1. The van der Waals surface area contributed by atoms with E-state index in [0.29, 0.717) is 66.1 Å². The van der Waals surface area contributed by atoms with Crippen LogP contribution in [-0.2, 0) is 44.9 Å². The fraction of sp³-hybridized carbons (Fsp3) is 0.774. The summed E-state index contributed by atoms with van der Waals surface area (Å²) in [7, 11) is -3.75. The molecular weight excluding hydrogens is 578 g/mol. The first-order valence-corrected chi connectivity index (χ1v) is 17.6. The predicted octanol–water partition coefficient (Wildman–Crippen LogP) is 3.92. The molecule has 0 aromatic heterocycles. The van der Waals surface area contributed by atoms with Gasteiger partial charge in [-0.25, -0.2) is 13.1 Å². The Bertz CT molecular complexity index is 957. The van der Waals surface area contributed by atoms with Gasteiger partial charge in [-0.15, -0.1) is 0 Å². The van der Waals surface area contributed by atoms with Crippen molar-refractivity contribution in [3.63, 3.8) is 0 Å². The van der Waals surface area contributed by atoms with Gasteiger partial charge in [0.1, 0.15) is 18.5 Å². The summed E-state index contributed by atoms with van der Waals surface area (Å²) in [5, 5.41) is 0. The minimum Gasteiger partial charge on any atom is -0.490 e. The highest BCUT2D eigenvalue weighted by Crippen LogP contribution is 2.23. The molecule has 1 atom stereocenters. The average Bonchev–Trinajstić information content (AvgIpc) is 2.97. The number of hydrogen-bond donors (Lipinski definition) is 1. The molecule has 0 spiro atoms. The van der Waals surface area contributed by atoms with Crippen LogP contribution < -0.4 is 9.46 Å². The number of hydrogen-bond acceptors (Lipinski definition) is 10. The molecule has 1 aromatic rings. The van der Waals surface area contributed by atoms with Gasteiger partial charge in [0.05, 0.1) is 84.5 Å². The second kappa shape index (κ2) is 23.6. The van der Waals surface area contributed by atoms with Crippen molar-refractivity contribution in [3.8, 4) is 5.75 Å². The van der Waals surface area contributed by atoms with E-state index in [0.717, 1.165) is 31.1 Å². The Balaban J connectivity index is 1.97. The van der Waals surface area contributed by atoms with E-state index >= 15 is 0 Å². The molecule has 0 saturated carbocycles. The van der Waals surface area contributed by atoms with Crippen LogP contribution in [0.25, 0.3) is 0 Å². The van der Waals surface area contributed by atoms with E-state index in [9.17, 15) is 13.2 Å². The summed E-state index contributed by atoms with van der Waals surface area (Å²) in [4.78, 5) is 12.9. The van der Waals surface area contributed by atoms with E-state index in [4.69, 9.17) is 33.2 Å². The summed E-state index contributed by atoms with van der Waals surface area (Å²) in [6, 6.07) is 5.36. The number of unbranched alkanes of at least 4 members (excludes halogenated alkanes) is 7. The summed E-state index contributed by atoms with van der Waals surface area (Å²) >= 11 is 0. The van der Waals surface area contributed by atoms with Crippen LogP contribution in [0, 0.1) is 0 Å². The lowest BCUT2D eigenvalue weighted by molar-refractivity contribution is -0.0711. The van der Waals surface area contributed by atoms with Gasteiger partial charge in [0.15, 0.2) is 0 Å². The van der Waals surface area contributed by atoms with Gasteiger partial charge in [0.2, 0.25) is 10.0 Å². The topological polar surface area (TPSA) is 128 Å². The molecule has 1 aliphatic heterocycles. The zero-order chi connectivity index (χ0) is 31.0. The summed E-state index contributed by atoms with van der Waals surface area (Å²) in [6.07, 6.45) is 10.9. The molecule has 1 saturated heterocycles. The summed E-state index contributed by atoms with van der Waals surface area (Å²) < 4.78 is 65.4. The lowest BCUT2D eigenvalue weighted by atomic mass is 10.0. The van der Waals surface area contributed by atoms with Gasteiger partial charge in [-0.3, -0.25) is 4.79 Å². The Hall–Kier alpha value is -1.80. The van der Waals surface area contributed by atoms with E-state index in [2.05, 4.69) is 11.6 Å². The SMILES string of the molecule is CCCCCCCCCCc1ccc(OCC2COCCOCCOCCOCCOCCO2)c(C(=O)NS(C)(=O)=O)c1. The Morgan fingerprint density at radius 2 is 1.33 bits per heavy atom. The van der Waals surface area contributed by atoms with Crippen molar-refractivity contribution < 1.29 is 46.4 Å². The van der Waals surface area contributed by atoms with Gasteiger partial charge in [0.25, 0.3) is 5.91 Å². The van der Waals surface area contributed by atoms with Gasteiger partial charge in [-0.05, 0) is 30.5 Å². The van der Waals surface area contributed by atoms with Gasteiger partial charge < -0.3 is 33.2 Å². The Labute approximate surface area is 258 Å². The summed E-state index contributed by atoms with van der Waals surface area (Å²) in [6.45, 7) is 6.85. The number of ether oxygens (including phenoxy) is 7. The second-order valence-corrected chi connectivity index (χ2v) is 12.3. The van der Waals surface area contributed by atoms with Crippen LogP contribution in [0.5, 0.6) is 5.75 Å². The van der Waals surface area contributed by atoms with Crippen LogP contribution in [0.1, 0.15) is 74.2 Å². The largest absolute Gasteiger partial charge is 0.490 e. The predicted molar refractivity (Wildman–Crippen MR) is 164 cm³/mol. The molecule has 1 heterocycles. The Morgan fingerprint density at radius 3 is 1.91 bits per heavy atom. The van der Waals surface area contributed by atoms with Gasteiger partial charge in [0, 0.05) is 0 Å². The molecule has 12 heteroatoms. The van der Waals surface area contributed by atoms with Crippen LogP contribution in [0.3, 0.4) is 0 Å². The standard InChI is InChI=1S/C31H53NO10S/c1-3-4-5-6-7-8-9-10-11-27-12-13-30(29(24-27)31(33)32-43(2,34)35)42-26-28-25-40-21-20-38-17-16-36-14-15-37-18-19-39-22-23-41-28/h12-13,24,28H,3-11,14-23,25-26H2,1-2H3,(H,32,33). The van der Waals surface area contributed by atoms with E-state index in [1.54, 1.807) is 12.1 Å². The summed E-state index contributed by atoms with van der Waals surface area (Å²) in [5.74, 6) is -0.450. The van der Waals surface area contributed by atoms with Crippen LogP contribution in [-0.4, -0.2) is 106 Å². The number of rotatable bonds is 14. The molecule has 1 amide bonds. The third kappa shape index (κ3) is 19.3. The zero-order valence-electron chi connectivity index (χ0n) is 26.1. The van der Waals surface area contributed by atoms with Crippen molar-refractivity contribution >= 4 is 15.9 Å². The molecule has 1 N–H and O–H groups in total. The molecule has 0 radical (unpaired) electrons. The van der Waals surface area contributed by atoms with Crippen LogP contribution in [0.15, 0.2) is 18.2 Å². The maximum Gasteiger partial charge on any atom is 0.268 e.